The Labute approximate surface area is 71.7 Å². The molecule has 0 aromatic rings. The minimum absolute atomic E-state index is 1.46. The van der Waals surface area contributed by atoms with Crippen molar-refractivity contribution in [2.24, 2.45) is 5.25 Å². The molecule has 0 aromatic carbocycles. The first-order chi connectivity index (χ1) is 3.94. The number of hydrogen-bond donors (Lipinski definition) is 2. The Morgan fingerprint density at radius 3 is 1.44 bits per heavy atom. The van der Waals surface area contributed by atoms with E-state index in [2.05, 4.69) is 17.0 Å². The molecule has 0 rings (SSSR count). The molecule has 0 unspecified atom stereocenters. The third-order valence-corrected chi connectivity index (χ3v) is 0.728. The first-order valence-corrected chi connectivity index (χ1v) is 3.03. The maximum absolute atomic E-state index is 9.62. The van der Waals surface area contributed by atoms with E-state index in [1.807, 2.05) is 0 Å². The lowest BCUT2D eigenvalue weighted by Crippen LogP contribution is -2.16. The summed E-state index contributed by atoms with van der Waals surface area (Å²) in [6.07, 6.45) is 0. The summed E-state index contributed by atoms with van der Waals surface area (Å²) in [7, 11) is 0. The van der Waals surface area contributed by atoms with E-state index in [0.717, 1.165) is 0 Å². The van der Waals surface area contributed by atoms with Crippen LogP contribution in [0.25, 0.3) is 0 Å². The van der Waals surface area contributed by atoms with E-state index in [4.69, 9.17) is 39.9 Å². The average molecular weight is 215 g/mol. The molecular formula is C2H3Cl4NO2. The number of rotatable bonds is 0. The lowest BCUT2D eigenvalue weighted by molar-refractivity contribution is -0.135. The Hall–Kier alpha value is 0.590. The zero-order valence-corrected chi connectivity index (χ0v) is 6.97. The molecule has 0 bridgehead atoms. The van der Waals surface area contributed by atoms with Crippen LogP contribution in [0.3, 0.4) is 0 Å². The number of carbonyl (C=O) groups is 1. The molecule has 7 heteroatoms. The predicted molar refractivity (Wildman–Crippen MR) is 38.0 cm³/mol. The van der Waals surface area contributed by atoms with Gasteiger partial charge in [-0.15, -0.1) is 0 Å². The molecule has 0 radical (unpaired) electrons. The second-order valence-corrected chi connectivity index (χ2v) is 3.08. The molecule has 56 valence electrons. The van der Waals surface area contributed by atoms with Gasteiger partial charge in [-0.25, -0.2) is 10.0 Å². The highest BCUT2D eigenvalue weighted by molar-refractivity contribution is 6.75. The van der Waals surface area contributed by atoms with E-state index < -0.39 is 9.76 Å². The van der Waals surface area contributed by atoms with Gasteiger partial charge in [0.05, 0.1) is 0 Å². The number of carboxylic acid groups (broad SMARTS) is 1. The second kappa shape index (κ2) is 5.38. The van der Waals surface area contributed by atoms with E-state index in [9.17, 15) is 4.79 Å². The van der Waals surface area contributed by atoms with Crippen LogP contribution in [0.2, 0.25) is 0 Å². The minimum Gasteiger partial charge on any atom is -0.478 e. The monoisotopic (exact) mass is 213 g/mol. The van der Waals surface area contributed by atoms with Crippen LogP contribution in [0.1, 0.15) is 0 Å². The van der Waals surface area contributed by atoms with Crippen molar-refractivity contribution in [1.82, 2.24) is 0 Å². The van der Waals surface area contributed by atoms with Gasteiger partial charge in [0.2, 0.25) is 0 Å². The summed E-state index contributed by atoms with van der Waals surface area (Å²) in [5, 5.41) is 11.8. The predicted octanol–water partition coefficient (Wildman–Crippen LogP) is 1.54. The van der Waals surface area contributed by atoms with Crippen molar-refractivity contribution in [3.8, 4) is 0 Å². The molecule has 0 atom stereocenters. The molecule has 0 aliphatic rings. The third kappa shape index (κ3) is 8.59. The van der Waals surface area contributed by atoms with Gasteiger partial charge in [0.15, 0.2) is 0 Å². The first kappa shape index (κ1) is 12.3. The Morgan fingerprint density at radius 1 is 1.33 bits per heavy atom. The molecule has 0 saturated heterocycles. The summed E-state index contributed by atoms with van der Waals surface area (Å²) in [5.41, 5.74) is 0. The molecule has 0 amide bonds. The van der Waals surface area contributed by atoms with Crippen molar-refractivity contribution in [2.45, 2.75) is 3.79 Å². The van der Waals surface area contributed by atoms with Crippen molar-refractivity contribution in [2.75, 3.05) is 0 Å². The number of alkyl halides is 3. The number of hydrogen-bond acceptors (Lipinski definition) is 2. The summed E-state index contributed by atoms with van der Waals surface area (Å²) in [4.78, 5) is 9.62. The molecule has 0 fully saturated rings. The van der Waals surface area contributed by atoms with Gasteiger partial charge >= 0.3 is 5.97 Å². The summed E-state index contributed by atoms with van der Waals surface area (Å²) in [6, 6.07) is 0. The van der Waals surface area contributed by atoms with Gasteiger partial charge < -0.3 is 5.11 Å². The Bertz CT molecular complexity index is 89.1. The molecule has 0 saturated carbocycles. The Balaban J connectivity index is 0. The number of carboxylic acids is 1. The second-order valence-electron chi connectivity index (χ2n) is 0.803. The maximum atomic E-state index is 9.62. The molecule has 3 N–H and O–H groups in total. The highest BCUT2D eigenvalue weighted by atomic mass is 35.6. The highest BCUT2D eigenvalue weighted by Gasteiger charge is 2.29. The smallest absolute Gasteiger partial charge is 0.356 e. The maximum Gasteiger partial charge on any atom is 0.356 e. The van der Waals surface area contributed by atoms with E-state index >= 15 is 0 Å². The first-order valence-electron chi connectivity index (χ1n) is 1.46. The molecule has 0 aliphatic carbocycles. The molecule has 0 heterocycles. The molecule has 0 aliphatic heterocycles. The average Bonchev–Trinajstić information content (AvgIpc) is 1.69. The van der Waals surface area contributed by atoms with Gasteiger partial charge in [0.1, 0.15) is 0 Å². The summed E-state index contributed by atoms with van der Waals surface area (Å²) in [5.74, 6) is -1.46. The van der Waals surface area contributed by atoms with E-state index in [-0.39, 0.29) is 0 Å². The number of halogens is 4. The normalized spacial score (nSPS) is 9.44. The largest absolute Gasteiger partial charge is 0.478 e. The van der Waals surface area contributed by atoms with Crippen LogP contribution in [0.15, 0.2) is 0 Å². The Morgan fingerprint density at radius 2 is 1.44 bits per heavy atom. The van der Waals surface area contributed by atoms with Crippen LogP contribution < -0.4 is 5.25 Å². The summed E-state index contributed by atoms with van der Waals surface area (Å²) < 4.78 is -2.17. The molecule has 0 aromatic heterocycles. The lowest BCUT2D eigenvalue weighted by atomic mass is 10.8. The SMILES string of the molecule is NCl.O=C(O)C(Cl)(Cl)Cl. The fraction of sp³-hybridized carbons (Fsp3) is 0.500. The number of aliphatic carboxylic acids is 1. The Kier molecular flexibility index (Phi) is 7.34. The lowest BCUT2D eigenvalue weighted by Gasteiger charge is -1.99. The fourth-order valence-electron chi connectivity index (χ4n) is 0. The zero-order chi connectivity index (χ0) is 8.08. The van der Waals surface area contributed by atoms with E-state index in [1.165, 1.54) is 0 Å². The molecule has 3 nitrogen and oxygen atoms in total. The van der Waals surface area contributed by atoms with Crippen LogP contribution in [0, 0.1) is 0 Å². The van der Waals surface area contributed by atoms with Crippen molar-refractivity contribution in [1.29, 1.82) is 0 Å². The van der Waals surface area contributed by atoms with Crippen molar-refractivity contribution in [3.63, 3.8) is 0 Å². The standard InChI is InChI=1S/C2HCl3O2.ClH2N/c3-2(4,5)1(6)7;1-2/h(H,6,7);2H2. The zero-order valence-electron chi connectivity index (χ0n) is 3.94. The van der Waals surface area contributed by atoms with Gasteiger partial charge in [-0.2, -0.15) is 0 Å². The summed E-state index contributed by atoms with van der Waals surface area (Å²) in [6.45, 7) is 0. The van der Waals surface area contributed by atoms with Crippen molar-refractivity contribution >= 4 is 52.5 Å². The quantitative estimate of drug-likeness (QED) is 0.475. The molecular weight excluding hydrogens is 212 g/mol. The van der Waals surface area contributed by atoms with Crippen LogP contribution in [-0.4, -0.2) is 14.9 Å². The molecule has 0 spiro atoms. The van der Waals surface area contributed by atoms with Crippen molar-refractivity contribution < 1.29 is 9.90 Å². The highest BCUT2D eigenvalue weighted by Crippen LogP contribution is 2.25. The van der Waals surface area contributed by atoms with Crippen molar-refractivity contribution in [3.05, 3.63) is 0 Å². The minimum atomic E-state index is -2.17. The van der Waals surface area contributed by atoms with E-state index in [0.29, 0.717) is 0 Å². The van der Waals surface area contributed by atoms with Crippen LogP contribution in [-0.2, 0) is 4.79 Å². The topological polar surface area (TPSA) is 63.3 Å². The van der Waals surface area contributed by atoms with E-state index in [1.54, 1.807) is 0 Å². The van der Waals surface area contributed by atoms with Crippen LogP contribution >= 0.6 is 46.6 Å². The van der Waals surface area contributed by atoms with Crippen LogP contribution in [0.5, 0.6) is 0 Å². The van der Waals surface area contributed by atoms with Gasteiger partial charge in [-0.05, 0) is 11.8 Å². The van der Waals surface area contributed by atoms with Gasteiger partial charge in [0, 0.05) is 0 Å². The summed E-state index contributed by atoms with van der Waals surface area (Å²) >= 11 is 18.5. The van der Waals surface area contributed by atoms with Gasteiger partial charge in [-0.1, -0.05) is 34.8 Å². The number of nitrogens with two attached hydrogens (primary N) is 1. The van der Waals surface area contributed by atoms with Gasteiger partial charge in [-0.3, -0.25) is 0 Å². The van der Waals surface area contributed by atoms with Crippen LogP contribution in [0.4, 0.5) is 0 Å². The molecule has 9 heavy (non-hydrogen) atoms. The van der Waals surface area contributed by atoms with Gasteiger partial charge in [0.25, 0.3) is 3.79 Å². The fourth-order valence-corrected chi connectivity index (χ4v) is 0. The third-order valence-electron chi connectivity index (χ3n) is 0.243.